The van der Waals surface area contributed by atoms with Crippen LogP contribution in [0.3, 0.4) is 0 Å². The lowest BCUT2D eigenvalue weighted by Crippen LogP contribution is -2.64. The molecule has 0 aliphatic carbocycles. The highest BCUT2D eigenvalue weighted by atomic mass is 16.7. The van der Waals surface area contributed by atoms with E-state index in [0.717, 1.165) is 0 Å². The molecule has 0 aromatic heterocycles. The zero-order valence-electron chi connectivity index (χ0n) is 12.8. The normalized spacial score (nSPS) is 51.7. The second kappa shape index (κ2) is 7.66. The molecule has 2 rings (SSSR count). The quantitative estimate of drug-likeness (QED) is 0.264. The van der Waals surface area contributed by atoms with Crippen molar-refractivity contribution >= 4 is 0 Å². The highest BCUT2D eigenvalue weighted by Gasteiger charge is 2.45. The van der Waals surface area contributed by atoms with Crippen LogP contribution in [-0.2, 0) is 14.2 Å². The predicted molar refractivity (Wildman–Crippen MR) is 76.0 cm³/mol. The summed E-state index contributed by atoms with van der Waals surface area (Å²) < 4.78 is 16.2. The molecule has 10 heteroatoms. The summed E-state index contributed by atoms with van der Waals surface area (Å²) in [7, 11) is 0. The van der Waals surface area contributed by atoms with Gasteiger partial charge in [0, 0.05) is 0 Å². The Morgan fingerprint density at radius 1 is 0.870 bits per heavy atom. The van der Waals surface area contributed by atoms with Crippen molar-refractivity contribution in [3.05, 3.63) is 0 Å². The highest BCUT2D eigenvalue weighted by molar-refractivity contribution is 4.94. The first-order chi connectivity index (χ1) is 10.8. The fourth-order valence-electron chi connectivity index (χ4n) is 2.75. The molecule has 0 radical (unpaired) electrons. The van der Waals surface area contributed by atoms with Gasteiger partial charge in [-0.1, -0.05) is 0 Å². The smallest absolute Gasteiger partial charge is 0.175 e. The molecule has 1 unspecified atom stereocenters. The Labute approximate surface area is 133 Å². The van der Waals surface area contributed by atoms with E-state index in [1.165, 1.54) is 0 Å². The Bertz CT molecular complexity index is 387. The molecule has 2 aliphatic rings. The predicted octanol–water partition coefficient (Wildman–Crippen LogP) is -4.39. The monoisotopic (exact) mass is 338 g/mol. The van der Waals surface area contributed by atoms with E-state index < -0.39 is 67.7 Å². The number of aliphatic hydroxyl groups is 5. The van der Waals surface area contributed by atoms with Crippen molar-refractivity contribution in [2.45, 2.75) is 68.0 Å². The minimum Gasteiger partial charge on any atom is -0.394 e. The molecule has 0 amide bonds. The van der Waals surface area contributed by atoms with E-state index in [9.17, 15) is 20.4 Å². The van der Waals surface area contributed by atoms with Crippen molar-refractivity contribution in [3.63, 3.8) is 0 Å². The summed E-state index contributed by atoms with van der Waals surface area (Å²) in [4.78, 5) is 0. The van der Waals surface area contributed by atoms with Gasteiger partial charge >= 0.3 is 0 Å². The third-order valence-electron chi connectivity index (χ3n) is 4.41. The van der Waals surface area contributed by atoms with Crippen LogP contribution in [0.5, 0.6) is 0 Å². The van der Waals surface area contributed by atoms with Crippen LogP contribution < -0.4 is 11.5 Å². The Balaban J connectivity index is 1.94. The van der Waals surface area contributed by atoms with Gasteiger partial charge in [0.15, 0.2) is 6.29 Å². The zero-order valence-corrected chi connectivity index (χ0v) is 12.8. The molecule has 0 aromatic carbocycles. The van der Waals surface area contributed by atoms with Crippen molar-refractivity contribution in [2.24, 2.45) is 11.5 Å². The van der Waals surface area contributed by atoms with Gasteiger partial charge in [-0.3, -0.25) is 0 Å². The van der Waals surface area contributed by atoms with Gasteiger partial charge in [0.2, 0.25) is 0 Å². The lowest BCUT2D eigenvalue weighted by Gasteiger charge is -2.43. The molecular formula is C13H26N2O8. The summed E-state index contributed by atoms with van der Waals surface area (Å²) in [6, 6.07) is -1.76. The highest BCUT2D eigenvalue weighted by Crippen LogP contribution is 2.24. The molecular weight excluding hydrogens is 312 g/mol. The first-order valence-electron chi connectivity index (χ1n) is 7.54. The van der Waals surface area contributed by atoms with Crippen LogP contribution in [0.25, 0.3) is 0 Å². The minimum absolute atomic E-state index is 0.172. The maximum Gasteiger partial charge on any atom is 0.175 e. The van der Waals surface area contributed by atoms with E-state index in [1.54, 1.807) is 6.92 Å². The standard InChI is InChI=1S/C13H26N2O8/c1-4-7(14)11(19)10(18)6(22-4)3-21-13-8(15)12(20)9(17)5(2-16)23-13/h4-13,16-20H,2-3,14-15H2,1H3/t4-,5-,6-,7+,8-,9-,10-,11-,12-,13?/m1/s1. The Morgan fingerprint density at radius 2 is 1.43 bits per heavy atom. The van der Waals surface area contributed by atoms with Crippen molar-refractivity contribution in [1.29, 1.82) is 0 Å². The third kappa shape index (κ3) is 3.82. The summed E-state index contributed by atoms with van der Waals surface area (Å²) in [6.07, 6.45) is -8.55. The number of rotatable bonds is 4. The van der Waals surface area contributed by atoms with Crippen molar-refractivity contribution < 1.29 is 39.7 Å². The SMILES string of the molecule is C[C@H]1O[C@H](COC2O[C@H](CO)[C@@H](O)[C@H](O)[C@H]2N)[C@@H](O)[C@H](O)[C@H]1N. The van der Waals surface area contributed by atoms with Gasteiger partial charge in [0.1, 0.15) is 36.6 Å². The first-order valence-corrected chi connectivity index (χ1v) is 7.54. The Hall–Kier alpha value is -0.400. The largest absolute Gasteiger partial charge is 0.394 e. The first kappa shape index (κ1) is 18.9. The average Bonchev–Trinajstić information content (AvgIpc) is 2.54. The van der Waals surface area contributed by atoms with Gasteiger partial charge < -0.3 is 51.2 Å². The maximum atomic E-state index is 9.98. The topological polar surface area (TPSA) is 181 Å². The Morgan fingerprint density at radius 3 is 2.04 bits per heavy atom. The molecule has 0 spiro atoms. The van der Waals surface area contributed by atoms with Gasteiger partial charge in [-0.2, -0.15) is 0 Å². The van der Waals surface area contributed by atoms with Gasteiger partial charge in [-0.05, 0) is 6.92 Å². The summed E-state index contributed by atoms with van der Waals surface area (Å²) in [6.45, 7) is 0.976. The maximum absolute atomic E-state index is 9.98. The Kier molecular flexibility index (Phi) is 6.30. The van der Waals surface area contributed by atoms with E-state index in [2.05, 4.69) is 0 Å². The number of hydrogen-bond donors (Lipinski definition) is 7. The van der Waals surface area contributed by atoms with E-state index in [4.69, 9.17) is 30.8 Å². The van der Waals surface area contributed by atoms with Crippen molar-refractivity contribution in [2.75, 3.05) is 13.2 Å². The molecule has 9 N–H and O–H groups in total. The number of ether oxygens (including phenoxy) is 3. The van der Waals surface area contributed by atoms with Crippen LogP contribution in [0.1, 0.15) is 6.92 Å². The second-order valence-corrected chi connectivity index (χ2v) is 6.06. The molecule has 10 nitrogen and oxygen atoms in total. The summed E-state index contributed by atoms with van der Waals surface area (Å²) in [5, 5.41) is 48.5. The minimum atomic E-state index is -1.33. The average molecular weight is 338 g/mol. The summed E-state index contributed by atoms with van der Waals surface area (Å²) >= 11 is 0. The van der Waals surface area contributed by atoms with E-state index in [1.807, 2.05) is 0 Å². The van der Waals surface area contributed by atoms with Gasteiger partial charge in [-0.15, -0.1) is 0 Å². The molecule has 10 atom stereocenters. The van der Waals surface area contributed by atoms with E-state index >= 15 is 0 Å². The van der Waals surface area contributed by atoms with Crippen LogP contribution in [0, 0.1) is 0 Å². The van der Waals surface area contributed by atoms with Crippen LogP contribution in [0.15, 0.2) is 0 Å². The summed E-state index contributed by atoms with van der Waals surface area (Å²) in [5.74, 6) is 0. The van der Waals surface area contributed by atoms with Crippen molar-refractivity contribution in [3.8, 4) is 0 Å². The fourth-order valence-corrected chi connectivity index (χ4v) is 2.75. The van der Waals surface area contributed by atoms with Gasteiger partial charge in [0.05, 0.1) is 31.4 Å². The van der Waals surface area contributed by atoms with Crippen molar-refractivity contribution in [1.82, 2.24) is 0 Å². The molecule has 23 heavy (non-hydrogen) atoms. The molecule has 2 aliphatic heterocycles. The number of hydrogen-bond acceptors (Lipinski definition) is 10. The van der Waals surface area contributed by atoms with Gasteiger partial charge in [-0.25, -0.2) is 0 Å². The number of aliphatic hydroxyl groups excluding tert-OH is 5. The molecule has 136 valence electrons. The summed E-state index contributed by atoms with van der Waals surface area (Å²) in [5.41, 5.74) is 11.4. The fraction of sp³-hybridized carbons (Fsp3) is 1.00. The lowest BCUT2D eigenvalue weighted by molar-refractivity contribution is -0.280. The number of nitrogens with two attached hydrogens (primary N) is 2. The molecule has 0 saturated carbocycles. The van der Waals surface area contributed by atoms with E-state index in [0.29, 0.717) is 0 Å². The van der Waals surface area contributed by atoms with E-state index in [-0.39, 0.29) is 6.61 Å². The third-order valence-corrected chi connectivity index (χ3v) is 4.41. The van der Waals surface area contributed by atoms with Gasteiger partial charge in [0.25, 0.3) is 0 Å². The lowest BCUT2D eigenvalue weighted by atomic mass is 9.94. The van der Waals surface area contributed by atoms with Crippen LogP contribution in [-0.4, -0.2) is 99.8 Å². The molecule has 0 bridgehead atoms. The zero-order chi connectivity index (χ0) is 17.3. The second-order valence-electron chi connectivity index (χ2n) is 6.06. The van der Waals surface area contributed by atoms with Crippen LogP contribution in [0.2, 0.25) is 0 Å². The molecule has 2 fully saturated rings. The molecule has 2 heterocycles. The van der Waals surface area contributed by atoms with Crippen LogP contribution >= 0.6 is 0 Å². The molecule has 0 aromatic rings. The molecule has 2 saturated heterocycles. The van der Waals surface area contributed by atoms with Crippen LogP contribution in [0.4, 0.5) is 0 Å².